The van der Waals surface area contributed by atoms with Crippen LogP contribution >= 0.6 is 0 Å². The number of amides is 1. The number of hydrogen-bond acceptors (Lipinski definition) is 4. The molecule has 0 aliphatic rings. The van der Waals surface area contributed by atoms with Gasteiger partial charge in [-0.25, -0.2) is 8.42 Å². The Kier molecular flexibility index (Phi) is 6.85. The average Bonchev–Trinajstić information content (AvgIpc) is 2.63. The monoisotopic (exact) mass is 389 g/mol. The second kappa shape index (κ2) is 8.90. The van der Waals surface area contributed by atoms with Gasteiger partial charge in [-0.3, -0.25) is 9.10 Å². The number of anilines is 2. The van der Waals surface area contributed by atoms with Crippen LogP contribution in [0.4, 0.5) is 11.4 Å². The topological polar surface area (TPSA) is 69.7 Å². The minimum absolute atomic E-state index is 0.331. The summed E-state index contributed by atoms with van der Waals surface area (Å²) in [4.78, 5) is 14.6. The lowest BCUT2D eigenvalue weighted by Gasteiger charge is -2.28. The first-order chi connectivity index (χ1) is 12.7. The van der Waals surface area contributed by atoms with Gasteiger partial charge in [-0.15, -0.1) is 0 Å². The molecule has 6 nitrogen and oxygen atoms in total. The van der Waals surface area contributed by atoms with Crippen molar-refractivity contribution >= 4 is 27.3 Å². The Morgan fingerprint density at radius 1 is 1.04 bits per heavy atom. The van der Waals surface area contributed by atoms with Gasteiger partial charge >= 0.3 is 0 Å². The van der Waals surface area contributed by atoms with Gasteiger partial charge < -0.3 is 10.2 Å². The average molecular weight is 390 g/mol. The lowest BCUT2D eigenvalue weighted by atomic mass is 10.2. The molecule has 0 heterocycles. The van der Waals surface area contributed by atoms with Crippen molar-refractivity contribution in [3.8, 4) is 0 Å². The fraction of sp³-hybridized carbons (Fsp3) is 0.350. The smallest absolute Gasteiger partial charge is 0.243 e. The molecule has 0 saturated heterocycles. The summed E-state index contributed by atoms with van der Waals surface area (Å²) in [6.07, 6.45) is 1.11. The van der Waals surface area contributed by atoms with Crippen molar-refractivity contribution in [1.82, 2.24) is 5.32 Å². The van der Waals surface area contributed by atoms with Crippen LogP contribution in [0.5, 0.6) is 0 Å². The second-order valence-electron chi connectivity index (χ2n) is 6.62. The van der Waals surface area contributed by atoms with Crippen molar-refractivity contribution in [2.45, 2.75) is 19.9 Å². The largest absolute Gasteiger partial charge is 0.373 e. The molecular formula is C20H27N3O3S. The van der Waals surface area contributed by atoms with Gasteiger partial charge in [0, 0.05) is 25.8 Å². The first kappa shape index (κ1) is 20.8. The molecule has 0 unspecified atom stereocenters. The van der Waals surface area contributed by atoms with Gasteiger partial charge in [-0.05, 0) is 38.1 Å². The maximum atomic E-state index is 12.6. The summed E-state index contributed by atoms with van der Waals surface area (Å²) in [5.74, 6) is -0.331. The zero-order valence-electron chi connectivity index (χ0n) is 16.2. The number of likely N-dealkylation sites (N-methyl/N-ethyl adjacent to an activating group) is 1. The Morgan fingerprint density at radius 3 is 2.19 bits per heavy atom. The Morgan fingerprint density at radius 2 is 1.63 bits per heavy atom. The predicted octanol–water partition coefficient (Wildman–Crippen LogP) is 2.40. The Hall–Kier alpha value is -2.54. The molecule has 0 saturated carbocycles. The normalized spacial score (nSPS) is 12.3. The number of aryl methyl sites for hydroxylation is 1. The van der Waals surface area contributed by atoms with Gasteiger partial charge in [0.2, 0.25) is 15.9 Å². The standard InChI is InChI=1S/C20H27N3O3S/c1-16-10-12-19(13-11-16)23(27(4,25)26)17(2)20(24)21-14-15-22(3)18-8-6-5-7-9-18/h5-13,17H,14-15H2,1-4H3,(H,21,24)/t17-/m1/s1. The highest BCUT2D eigenvalue weighted by atomic mass is 32.2. The number of nitrogens with one attached hydrogen (secondary N) is 1. The van der Waals surface area contributed by atoms with E-state index in [1.807, 2.05) is 61.3 Å². The van der Waals surface area contributed by atoms with E-state index in [9.17, 15) is 13.2 Å². The van der Waals surface area contributed by atoms with Crippen LogP contribution in [0.15, 0.2) is 54.6 Å². The van der Waals surface area contributed by atoms with Gasteiger partial charge in [0.15, 0.2) is 0 Å². The Bertz CT molecular complexity index is 852. The molecular weight excluding hydrogens is 362 g/mol. The Balaban J connectivity index is 2.01. The maximum absolute atomic E-state index is 12.6. The first-order valence-electron chi connectivity index (χ1n) is 8.80. The number of nitrogens with zero attached hydrogens (tertiary/aromatic N) is 2. The SMILES string of the molecule is Cc1ccc(N([C@H](C)C(=O)NCCN(C)c2ccccc2)S(C)(=O)=O)cc1. The molecule has 0 radical (unpaired) electrons. The van der Waals surface area contributed by atoms with Crippen molar-refractivity contribution in [3.63, 3.8) is 0 Å². The van der Waals surface area contributed by atoms with Gasteiger partial charge in [0.25, 0.3) is 0 Å². The number of para-hydroxylation sites is 1. The van der Waals surface area contributed by atoms with Gasteiger partial charge in [0.05, 0.1) is 11.9 Å². The molecule has 0 spiro atoms. The highest BCUT2D eigenvalue weighted by Crippen LogP contribution is 2.21. The molecule has 0 aromatic heterocycles. The molecule has 2 rings (SSSR count). The van der Waals surface area contributed by atoms with Crippen LogP contribution in [0.2, 0.25) is 0 Å². The summed E-state index contributed by atoms with van der Waals surface area (Å²) in [6, 6.07) is 16.1. The third kappa shape index (κ3) is 5.72. The molecule has 0 aliphatic carbocycles. The van der Waals surface area contributed by atoms with Crippen LogP contribution in [0.3, 0.4) is 0 Å². The zero-order chi connectivity index (χ0) is 20.0. The van der Waals surface area contributed by atoms with E-state index in [1.54, 1.807) is 19.1 Å². The Labute approximate surface area is 161 Å². The number of carbonyl (C=O) groups excluding carboxylic acids is 1. The predicted molar refractivity (Wildman–Crippen MR) is 111 cm³/mol. The third-order valence-electron chi connectivity index (χ3n) is 4.32. The van der Waals surface area contributed by atoms with Crippen LogP contribution in [-0.2, 0) is 14.8 Å². The van der Waals surface area contributed by atoms with Crippen LogP contribution in [-0.4, -0.2) is 46.8 Å². The van der Waals surface area contributed by atoms with E-state index < -0.39 is 16.1 Å². The zero-order valence-corrected chi connectivity index (χ0v) is 17.0. The fourth-order valence-corrected chi connectivity index (χ4v) is 3.98. The number of carbonyl (C=O) groups is 1. The molecule has 0 bridgehead atoms. The lowest BCUT2D eigenvalue weighted by molar-refractivity contribution is -0.121. The summed E-state index contributed by atoms with van der Waals surface area (Å²) < 4.78 is 25.7. The highest BCUT2D eigenvalue weighted by Gasteiger charge is 2.28. The van der Waals surface area contributed by atoms with Crippen LogP contribution in [0, 0.1) is 6.92 Å². The van der Waals surface area contributed by atoms with Gasteiger partial charge in [-0.2, -0.15) is 0 Å². The molecule has 1 amide bonds. The number of benzene rings is 2. The van der Waals surface area contributed by atoms with E-state index >= 15 is 0 Å². The second-order valence-corrected chi connectivity index (χ2v) is 8.48. The molecule has 2 aromatic rings. The van der Waals surface area contributed by atoms with Crippen molar-refractivity contribution < 1.29 is 13.2 Å². The summed E-state index contributed by atoms with van der Waals surface area (Å²) in [6.45, 7) is 4.55. The third-order valence-corrected chi connectivity index (χ3v) is 5.56. The summed E-state index contributed by atoms with van der Waals surface area (Å²) in [5.41, 5.74) is 2.55. The quantitative estimate of drug-likeness (QED) is 0.753. The van der Waals surface area contributed by atoms with Crippen LogP contribution < -0.4 is 14.5 Å². The number of rotatable bonds is 8. The van der Waals surface area contributed by atoms with E-state index in [0.29, 0.717) is 18.8 Å². The molecule has 146 valence electrons. The highest BCUT2D eigenvalue weighted by molar-refractivity contribution is 7.92. The fourth-order valence-electron chi connectivity index (χ4n) is 2.81. The van der Waals surface area contributed by atoms with Crippen molar-refractivity contribution in [1.29, 1.82) is 0 Å². The van der Waals surface area contributed by atoms with E-state index in [2.05, 4.69) is 5.32 Å². The van der Waals surface area contributed by atoms with Gasteiger partial charge in [-0.1, -0.05) is 35.9 Å². The van der Waals surface area contributed by atoms with Gasteiger partial charge in [0.1, 0.15) is 6.04 Å². The minimum Gasteiger partial charge on any atom is -0.373 e. The first-order valence-corrected chi connectivity index (χ1v) is 10.6. The van der Waals surface area contributed by atoms with Crippen molar-refractivity contribution in [2.75, 3.05) is 35.6 Å². The van der Waals surface area contributed by atoms with E-state index in [0.717, 1.165) is 21.8 Å². The van der Waals surface area contributed by atoms with Crippen LogP contribution in [0.25, 0.3) is 0 Å². The molecule has 1 N–H and O–H groups in total. The molecule has 0 fully saturated rings. The molecule has 1 atom stereocenters. The molecule has 2 aromatic carbocycles. The molecule has 7 heteroatoms. The van der Waals surface area contributed by atoms with Crippen molar-refractivity contribution in [3.05, 3.63) is 60.2 Å². The summed E-state index contributed by atoms with van der Waals surface area (Å²) in [7, 11) is -1.65. The van der Waals surface area contributed by atoms with Crippen molar-refractivity contribution in [2.24, 2.45) is 0 Å². The van der Waals surface area contributed by atoms with Crippen LogP contribution in [0.1, 0.15) is 12.5 Å². The molecule has 27 heavy (non-hydrogen) atoms. The molecule has 0 aliphatic heterocycles. The van der Waals surface area contributed by atoms with E-state index in [-0.39, 0.29) is 5.91 Å². The minimum atomic E-state index is -3.60. The summed E-state index contributed by atoms with van der Waals surface area (Å²) in [5, 5.41) is 2.83. The lowest BCUT2D eigenvalue weighted by Crippen LogP contribution is -2.49. The number of sulfonamides is 1. The van der Waals surface area contributed by atoms with E-state index in [1.165, 1.54) is 0 Å². The number of hydrogen-bond donors (Lipinski definition) is 1. The summed E-state index contributed by atoms with van der Waals surface area (Å²) >= 11 is 0. The maximum Gasteiger partial charge on any atom is 0.243 e. The van der Waals surface area contributed by atoms with E-state index in [4.69, 9.17) is 0 Å².